The zero-order valence-electron chi connectivity index (χ0n) is 11.5. The number of allylic oxidation sites excluding steroid dienone is 1. The third kappa shape index (κ3) is 4.43. The lowest BCUT2D eigenvalue weighted by Crippen LogP contribution is -2.34. The minimum absolute atomic E-state index is 0.0194. The van der Waals surface area contributed by atoms with Gasteiger partial charge >= 0.3 is 6.03 Å². The first-order valence-electron chi connectivity index (χ1n) is 7.05. The molecular weight excluding hydrogens is 236 g/mol. The molecule has 2 rings (SSSR count). The zero-order valence-corrected chi connectivity index (χ0v) is 11.5. The maximum absolute atomic E-state index is 11.8. The molecule has 1 atom stereocenters. The van der Waals surface area contributed by atoms with E-state index >= 15 is 0 Å². The van der Waals surface area contributed by atoms with E-state index in [0.717, 1.165) is 18.4 Å². The van der Waals surface area contributed by atoms with Crippen molar-refractivity contribution in [3.05, 3.63) is 47.7 Å². The van der Waals surface area contributed by atoms with E-state index in [1.165, 1.54) is 24.8 Å². The molecule has 102 valence electrons. The first kappa shape index (κ1) is 13.7. The Kier molecular flexibility index (Phi) is 5.01. The first-order chi connectivity index (χ1) is 9.25. The van der Waals surface area contributed by atoms with Crippen LogP contribution in [0.1, 0.15) is 50.6 Å². The van der Waals surface area contributed by atoms with Gasteiger partial charge in [-0.1, -0.05) is 42.3 Å². The summed E-state index contributed by atoms with van der Waals surface area (Å²) in [6.45, 7) is 1.99. The fourth-order valence-corrected chi connectivity index (χ4v) is 2.38. The van der Waals surface area contributed by atoms with Crippen molar-refractivity contribution in [1.82, 2.24) is 10.6 Å². The van der Waals surface area contributed by atoms with E-state index in [-0.39, 0.29) is 12.1 Å². The number of amides is 2. The molecule has 1 saturated carbocycles. The van der Waals surface area contributed by atoms with Gasteiger partial charge in [0.05, 0.1) is 6.04 Å². The lowest BCUT2D eigenvalue weighted by molar-refractivity contribution is 0.241. The summed E-state index contributed by atoms with van der Waals surface area (Å²) in [6.07, 6.45) is 7.93. The summed E-state index contributed by atoms with van der Waals surface area (Å²) in [4.78, 5) is 11.8. The molecule has 3 nitrogen and oxygen atoms in total. The number of carbonyl (C=O) groups excluding carboxylic acids is 1. The average Bonchev–Trinajstić information content (AvgIpc) is 2.47. The van der Waals surface area contributed by atoms with E-state index in [2.05, 4.69) is 10.6 Å². The second-order valence-corrected chi connectivity index (χ2v) is 5.11. The summed E-state index contributed by atoms with van der Waals surface area (Å²) < 4.78 is 0. The fourth-order valence-electron chi connectivity index (χ4n) is 2.38. The largest absolute Gasteiger partial charge is 0.331 e. The van der Waals surface area contributed by atoms with Gasteiger partial charge in [-0.3, -0.25) is 0 Å². The Hall–Kier alpha value is -1.77. The van der Waals surface area contributed by atoms with E-state index in [0.29, 0.717) is 0 Å². The van der Waals surface area contributed by atoms with Gasteiger partial charge in [0.2, 0.25) is 0 Å². The van der Waals surface area contributed by atoms with Crippen molar-refractivity contribution < 1.29 is 4.79 Å². The summed E-state index contributed by atoms with van der Waals surface area (Å²) in [7, 11) is 0. The highest BCUT2D eigenvalue weighted by molar-refractivity contribution is 5.75. The van der Waals surface area contributed by atoms with Crippen LogP contribution < -0.4 is 10.6 Å². The molecule has 0 spiro atoms. The molecule has 19 heavy (non-hydrogen) atoms. The van der Waals surface area contributed by atoms with Crippen LogP contribution >= 0.6 is 0 Å². The molecule has 1 fully saturated rings. The molecule has 3 heteroatoms. The number of urea groups is 1. The summed E-state index contributed by atoms with van der Waals surface area (Å²) in [6, 6.07) is 9.87. The Morgan fingerprint density at radius 2 is 1.84 bits per heavy atom. The van der Waals surface area contributed by atoms with Gasteiger partial charge in [-0.05, 0) is 38.2 Å². The highest BCUT2D eigenvalue weighted by Crippen LogP contribution is 2.21. The first-order valence-corrected chi connectivity index (χ1v) is 7.05. The minimum atomic E-state index is -0.130. The van der Waals surface area contributed by atoms with Crippen molar-refractivity contribution in [3.8, 4) is 0 Å². The van der Waals surface area contributed by atoms with E-state index in [1.807, 2.05) is 43.5 Å². The predicted molar refractivity (Wildman–Crippen MR) is 77.7 cm³/mol. The normalized spacial score (nSPS) is 16.6. The molecule has 1 aromatic carbocycles. The lowest BCUT2D eigenvalue weighted by Gasteiger charge is -2.16. The Bertz CT molecular complexity index is 431. The molecule has 0 aliphatic heterocycles. The number of benzene rings is 1. The summed E-state index contributed by atoms with van der Waals surface area (Å²) in [5.41, 5.74) is 2.47. The summed E-state index contributed by atoms with van der Waals surface area (Å²) in [5.74, 6) is 0. The lowest BCUT2D eigenvalue weighted by atomic mass is 9.96. The molecular formula is C16H22N2O. The molecule has 0 aromatic heterocycles. The van der Waals surface area contributed by atoms with Gasteiger partial charge < -0.3 is 10.6 Å². The molecule has 2 N–H and O–H groups in total. The van der Waals surface area contributed by atoms with E-state index < -0.39 is 0 Å². The highest BCUT2D eigenvalue weighted by Gasteiger charge is 2.09. The van der Waals surface area contributed by atoms with Crippen molar-refractivity contribution in [3.63, 3.8) is 0 Å². The van der Waals surface area contributed by atoms with Crippen molar-refractivity contribution in [2.24, 2.45) is 0 Å². The average molecular weight is 258 g/mol. The quantitative estimate of drug-likeness (QED) is 0.848. The molecule has 0 saturated heterocycles. The number of hydrogen-bond donors (Lipinski definition) is 2. The van der Waals surface area contributed by atoms with Crippen molar-refractivity contribution in [2.75, 3.05) is 0 Å². The van der Waals surface area contributed by atoms with E-state index in [1.54, 1.807) is 0 Å². The molecule has 1 aliphatic rings. The van der Waals surface area contributed by atoms with Crippen molar-refractivity contribution in [1.29, 1.82) is 0 Å². The van der Waals surface area contributed by atoms with E-state index in [4.69, 9.17) is 0 Å². The van der Waals surface area contributed by atoms with Gasteiger partial charge in [0.1, 0.15) is 0 Å². The Morgan fingerprint density at radius 3 is 2.53 bits per heavy atom. The van der Waals surface area contributed by atoms with Gasteiger partial charge in [0, 0.05) is 6.20 Å². The Morgan fingerprint density at radius 1 is 1.16 bits per heavy atom. The number of hydrogen-bond acceptors (Lipinski definition) is 1. The van der Waals surface area contributed by atoms with Crippen molar-refractivity contribution in [2.45, 2.75) is 45.1 Å². The summed E-state index contributed by atoms with van der Waals surface area (Å²) >= 11 is 0. The maximum atomic E-state index is 11.8. The second-order valence-electron chi connectivity index (χ2n) is 5.11. The molecule has 2 amide bonds. The minimum Gasteiger partial charge on any atom is -0.331 e. The van der Waals surface area contributed by atoms with Gasteiger partial charge in [0.15, 0.2) is 0 Å². The second kappa shape index (κ2) is 6.98. The van der Waals surface area contributed by atoms with Gasteiger partial charge in [-0.25, -0.2) is 4.79 Å². The molecule has 1 aromatic rings. The van der Waals surface area contributed by atoms with Crippen LogP contribution in [0.15, 0.2) is 42.1 Å². The SMILES string of the molecule is CC(NC(=O)NC=C1CCCCC1)c1ccccc1. The smallest absolute Gasteiger partial charge is 0.319 e. The van der Waals surface area contributed by atoms with Crippen LogP contribution in [0.5, 0.6) is 0 Å². The Balaban J connectivity index is 1.81. The van der Waals surface area contributed by atoms with Crippen LogP contribution in [0, 0.1) is 0 Å². The summed E-state index contributed by atoms with van der Waals surface area (Å²) in [5, 5.41) is 5.78. The van der Waals surface area contributed by atoms with Gasteiger partial charge in [-0.2, -0.15) is 0 Å². The number of carbonyl (C=O) groups is 1. The van der Waals surface area contributed by atoms with Crippen LogP contribution in [0.25, 0.3) is 0 Å². The van der Waals surface area contributed by atoms with Gasteiger partial charge in [-0.15, -0.1) is 0 Å². The molecule has 0 heterocycles. The van der Waals surface area contributed by atoms with Crippen molar-refractivity contribution >= 4 is 6.03 Å². The third-order valence-corrected chi connectivity index (χ3v) is 3.55. The van der Waals surface area contributed by atoms with Gasteiger partial charge in [0.25, 0.3) is 0 Å². The maximum Gasteiger partial charge on any atom is 0.319 e. The number of nitrogens with one attached hydrogen (secondary N) is 2. The Labute approximate surface area is 115 Å². The van der Waals surface area contributed by atoms with Crippen LogP contribution in [0.3, 0.4) is 0 Å². The fraction of sp³-hybridized carbons (Fsp3) is 0.438. The molecule has 0 radical (unpaired) electrons. The van der Waals surface area contributed by atoms with Crippen LogP contribution in [-0.2, 0) is 0 Å². The van der Waals surface area contributed by atoms with Crippen LogP contribution in [0.4, 0.5) is 4.79 Å². The highest BCUT2D eigenvalue weighted by atomic mass is 16.2. The predicted octanol–water partition coefficient (Wildman–Crippen LogP) is 3.89. The standard InChI is InChI=1S/C16H22N2O/c1-13(15-10-6-3-7-11-15)18-16(19)17-12-14-8-4-2-5-9-14/h3,6-7,10-13H,2,4-5,8-9H2,1H3,(H2,17,18,19). The van der Waals surface area contributed by atoms with Crippen LogP contribution in [-0.4, -0.2) is 6.03 Å². The monoisotopic (exact) mass is 258 g/mol. The topological polar surface area (TPSA) is 41.1 Å². The number of rotatable bonds is 3. The van der Waals surface area contributed by atoms with E-state index in [9.17, 15) is 4.79 Å². The van der Waals surface area contributed by atoms with Crippen LogP contribution in [0.2, 0.25) is 0 Å². The molecule has 1 aliphatic carbocycles. The zero-order chi connectivity index (χ0) is 13.5. The molecule has 1 unspecified atom stereocenters. The third-order valence-electron chi connectivity index (χ3n) is 3.55. The molecule has 0 bridgehead atoms.